The first-order valence-corrected chi connectivity index (χ1v) is 8.21. The van der Waals surface area contributed by atoms with Crippen LogP contribution < -0.4 is 10.1 Å². The van der Waals surface area contributed by atoms with Crippen molar-refractivity contribution >= 4 is 15.9 Å². The van der Waals surface area contributed by atoms with E-state index in [2.05, 4.69) is 60.2 Å². The standard InChI is InChI=1S/C18H22BrNO/c1-4-17(20-5-2)15-8-6-7-9-18(15)21-14-10-11-16(19)13(3)12-14/h6-12,17,20H,4-5H2,1-3H3. The summed E-state index contributed by atoms with van der Waals surface area (Å²) in [4.78, 5) is 0. The zero-order valence-corrected chi connectivity index (χ0v) is 14.4. The number of halogens is 1. The van der Waals surface area contributed by atoms with Crippen molar-refractivity contribution in [3.05, 3.63) is 58.1 Å². The minimum atomic E-state index is 0.322. The third kappa shape index (κ3) is 4.08. The van der Waals surface area contributed by atoms with Crippen molar-refractivity contribution < 1.29 is 4.74 Å². The number of aryl methyl sites for hydroxylation is 1. The number of nitrogens with one attached hydrogen (secondary N) is 1. The first kappa shape index (κ1) is 16.1. The molecule has 112 valence electrons. The van der Waals surface area contributed by atoms with E-state index in [4.69, 9.17) is 4.74 Å². The summed E-state index contributed by atoms with van der Waals surface area (Å²) in [5, 5.41) is 3.51. The molecular weight excluding hydrogens is 326 g/mol. The highest BCUT2D eigenvalue weighted by molar-refractivity contribution is 9.10. The van der Waals surface area contributed by atoms with Crippen LogP contribution in [0.25, 0.3) is 0 Å². The second-order valence-corrected chi connectivity index (χ2v) is 5.92. The van der Waals surface area contributed by atoms with Crippen molar-refractivity contribution in [1.82, 2.24) is 5.32 Å². The molecule has 2 aromatic carbocycles. The number of hydrogen-bond donors (Lipinski definition) is 1. The number of ether oxygens (including phenoxy) is 1. The van der Waals surface area contributed by atoms with E-state index in [0.29, 0.717) is 6.04 Å². The average Bonchev–Trinajstić information content (AvgIpc) is 2.49. The molecule has 0 aromatic heterocycles. The number of rotatable bonds is 6. The van der Waals surface area contributed by atoms with E-state index in [0.717, 1.165) is 28.9 Å². The third-order valence-electron chi connectivity index (χ3n) is 3.51. The number of hydrogen-bond acceptors (Lipinski definition) is 2. The molecule has 0 aliphatic carbocycles. The van der Waals surface area contributed by atoms with Gasteiger partial charge < -0.3 is 10.1 Å². The van der Waals surface area contributed by atoms with Gasteiger partial charge in [0.05, 0.1) is 0 Å². The fraction of sp³-hybridized carbons (Fsp3) is 0.333. The van der Waals surface area contributed by atoms with Crippen LogP contribution in [0.4, 0.5) is 0 Å². The first-order valence-electron chi connectivity index (χ1n) is 7.42. The molecule has 2 aromatic rings. The Labute approximate surface area is 135 Å². The Morgan fingerprint density at radius 1 is 1.14 bits per heavy atom. The number of para-hydroxylation sites is 1. The molecule has 0 saturated carbocycles. The van der Waals surface area contributed by atoms with Crippen LogP contribution in [0.3, 0.4) is 0 Å². The zero-order valence-electron chi connectivity index (χ0n) is 12.8. The van der Waals surface area contributed by atoms with E-state index >= 15 is 0 Å². The smallest absolute Gasteiger partial charge is 0.132 e. The first-order chi connectivity index (χ1) is 10.2. The summed E-state index contributed by atoms with van der Waals surface area (Å²) >= 11 is 3.52. The Hall–Kier alpha value is -1.32. The maximum atomic E-state index is 6.11. The summed E-state index contributed by atoms with van der Waals surface area (Å²) in [6.45, 7) is 7.33. The molecule has 2 nitrogen and oxygen atoms in total. The molecule has 0 fully saturated rings. The van der Waals surface area contributed by atoms with Crippen LogP contribution in [-0.2, 0) is 0 Å². The normalized spacial score (nSPS) is 12.2. The second-order valence-electron chi connectivity index (χ2n) is 5.07. The van der Waals surface area contributed by atoms with Crippen molar-refractivity contribution in [2.75, 3.05) is 6.54 Å². The Balaban J connectivity index is 2.29. The highest BCUT2D eigenvalue weighted by Crippen LogP contribution is 2.32. The van der Waals surface area contributed by atoms with Crippen LogP contribution in [-0.4, -0.2) is 6.54 Å². The van der Waals surface area contributed by atoms with Gasteiger partial charge in [-0.1, -0.05) is 48.0 Å². The molecule has 0 spiro atoms. The minimum absolute atomic E-state index is 0.322. The molecule has 0 bridgehead atoms. The molecule has 21 heavy (non-hydrogen) atoms. The molecule has 0 aliphatic rings. The van der Waals surface area contributed by atoms with Crippen molar-refractivity contribution in [1.29, 1.82) is 0 Å². The van der Waals surface area contributed by atoms with Crippen LogP contribution in [0.15, 0.2) is 46.9 Å². The van der Waals surface area contributed by atoms with Gasteiger partial charge in [0.1, 0.15) is 11.5 Å². The summed E-state index contributed by atoms with van der Waals surface area (Å²) in [7, 11) is 0. The Kier molecular flexibility index (Phi) is 5.83. The average molecular weight is 348 g/mol. The lowest BCUT2D eigenvalue weighted by atomic mass is 10.0. The van der Waals surface area contributed by atoms with Crippen molar-refractivity contribution in [3.8, 4) is 11.5 Å². The van der Waals surface area contributed by atoms with Crippen LogP contribution in [0.5, 0.6) is 11.5 Å². The van der Waals surface area contributed by atoms with Gasteiger partial charge in [-0.25, -0.2) is 0 Å². The Morgan fingerprint density at radius 3 is 2.57 bits per heavy atom. The highest BCUT2D eigenvalue weighted by atomic mass is 79.9. The number of benzene rings is 2. The molecule has 0 amide bonds. The lowest BCUT2D eigenvalue weighted by Crippen LogP contribution is -2.20. The molecule has 2 rings (SSSR count). The van der Waals surface area contributed by atoms with E-state index in [1.165, 1.54) is 11.1 Å². The lowest BCUT2D eigenvalue weighted by molar-refractivity contribution is 0.452. The van der Waals surface area contributed by atoms with Crippen molar-refractivity contribution in [3.63, 3.8) is 0 Å². The predicted octanol–water partition coefficient (Wildman–Crippen LogP) is 5.61. The molecule has 1 atom stereocenters. The minimum Gasteiger partial charge on any atom is -0.457 e. The van der Waals surface area contributed by atoms with Gasteiger partial charge >= 0.3 is 0 Å². The third-order valence-corrected chi connectivity index (χ3v) is 4.40. The quantitative estimate of drug-likeness (QED) is 0.733. The molecule has 0 radical (unpaired) electrons. The summed E-state index contributed by atoms with van der Waals surface area (Å²) in [5.74, 6) is 1.79. The van der Waals surface area contributed by atoms with Crippen LogP contribution in [0, 0.1) is 6.92 Å². The summed E-state index contributed by atoms with van der Waals surface area (Å²) in [5.41, 5.74) is 2.38. The van der Waals surface area contributed by atoms with E-state index in [-0.39, 0.29) is 0 Å². The van der Waals surface area contributed by atoms with Gasteiger partial charge in [-0.15, -0.1) is 0 Å². The van der Waals surface area contributed by atoms with E-state index < -0.39 is 0 Å². The second kappa shape index (κ2) is 7.62. The van der Waals surface area contributed by atoms with E-state index in [1.54, 1.807) is 0 Å². The summed E-state index contributed by atoms with van der Waals surface area (Å²) in [6.07, 6.45) is 1.04. The van der Waals surface area contributed by atoms with Crippen molar-refractivity contribution in [2.45, 2.75) is 33.2 Å². The van der Waals surface area contributed by atoms with Crippen LogP contribution in [0.2, 0.25) is 0 Å². The van der Waals surface area contributed by atoms with Crippen molar-refractivity contribution in [2.24, 2.45) is 0 Å². The van der Waals surface area contributed by atoms with Gasteiger partial charge in [-0.2, -0.15) is 0 Å². The fourth-order valence-corrected chi connectivity index (χ4v) is 2.64. The molecule has 0 aliphatic heterocycles. The largest absolute Gasteiger partial charge is 0.457 e. The molecule has 0 saturated heterocycles. The topological polar surface area (TPSA) is 21.3 Å². The van der Waals surface area contributed by atoms with E-state index in [1.807, 2.05) is 24.3 Å². The predicted molar refractivity (Wildman–Crippen MR) is 92.1 cm³/mol. The molecule has 1 N–H and O–H groups in total. The summed E-state index contributed by atoms with van der Waals surface area (Å²) in [6, 6.07) is 14.6. The maximum Gasteiger partial charge on any atom is 0.132 e. The monoisotopic (exact) mass is 347 g/mol. The molecular formula is C18H22BrNO. The lowest BCUT2D eigenvalue weighted by Gasteiger charge is -2.20. The van der Waals surface area contributed by atoms with Gasteiger partial charge in [-0.05, 0) is 49.7 Å². The van der Waals surface area contributed by atoms with Crippen LogP contribution >= 0.6 is 15.9 Å². The Morgan fingerprint density at radius 2 is 1.90 bits per heavy atom. The molecule has 0 heterocycles. The van der Waals surface area contributed by atoms with Gasteiger partial charge in [0.2, 0.25) is 0 Å². The highest BCUT2D eigenvalue weighted by Gasteiger charge is 2.13. The van der Waals surface area contributed by atoms with Gasteiger partial charge in [0.25, 0.3) is 0 Å². The molecule has 1 unspecified atom stereocenters. The maximum absolute atomic E-state index is 6.11. The van der Waals surface area contributed by atoms with E-state index in [9.17, 15) is 0 Å². The Bertz CT molecular complexity index is 598. The fourth-order valence-electron chi connectivity index (χ4n) is 2.39. The zero-order chi connectivity index (χ0) is 15.2. The van der Waals surface area contributed by atoms with Gasteiger partial charge in [0.15, 0.2) is 0 Å². The molecule has 3 heteroatoms. The van der Waals surface area contributed by atoms with Gasteiger partial charge in [0, 0.05) is 16.1 Å². The van der Waals surface area contributed by atoms with Gasteiger partial charge in [-0.3, -0.25) is 0 Å². The van der Waals surface area contributed by atoms with Crippen LogP contribution in [0.1, 0.15) is 37.4 Å². The SMILES string of the molecule is CCNC(CC)c1ccccc1Oc1ccc(Br)c(C)c1. The summed E-state index contributed by atoms with van der Waals surface area (Å²) < 4.78 is 7.21.